The smallest absolute Gasteiger partial charge is 0.270 e. The second-order valence-electron chi connectivity index (χ2n) is 4.33. The summed E-state index contributed by atoms with van der Waals surface area (Å²) in [5, 5.41) is 13.7. The zero-order valence-corrected chi connectivity index (χ0v) is 11.6. The summed E-state index contributed by atoms with van der Waals surface area (Å²) < 4.78 is 13.6. The third kappa shape index (κ3) is 3.35. The molecule has 2 aromatic carbocycles. The van der Waals surface area contributed by atoms with E-state index in [4.69, 9.17) is 11.6 Å². The molecule has 2 aromatic rings. The standard InChI is InChI=1S/C14H10ClFN2O3/c1-8-6-9(15)2-5-13(8)17-14(19)11-7-10(18(20)21)3-4-12(11)16/h2-7H,1H3,(H,17,19). The van der Waals surface area contributed by atoms with Gasteiger partial charge in [0.1, 0.15) is 5.82 Å². The number of anilines is 1. The van der Waals surface area contributed by atoms with Crippen LogP contribution in [0.15, 0.2) is 36.4 Å². The number of hydrogen-bond acceptors (Lipinski definition) is 3. The minimum absolute atomic E-state index is 0.352. The van der Waals surface area contributed by atoms with Crippen molar-refractivity contribution in [1.82, 2.24) is 0 Å². The molecule has 1 N–H and O–H groups in total. The molecule has 0 aliphatic carbocycles. The molecule has 0 fully saturated rings. The summed E-state index contributed by atoms with van der Waals surface area (Å²) in [6, 6.07) is 7.58. The van der Waals surface area contributed by atoms with E-state index in [1.54, 1.807) is 25.1 Å². The van der Waals surface area contributed by atoms with Crippen molar-refractivity contribution in [3.05, 3.63) is 68.5 Å². The van der Waals surface area contributed by atoms with Gasteiger partial charge in [0.25, 0.3) is 11.6 Å². The molecule has 0 bridgehead atoms. The van der Waals surface area contributed by atoms with Crippen LogP contribution in [-0.2, 0) is 0 Å². The largest absolute Gasteiger partial charge is 0.322 e. The van der Waals surface area contributed by atoms with Gasteiger partial charge in [-0.1, -0.05) is 11.6 Å². The molecule has 0 saturated heterocycles. The Balaban J connectivity index is 2.32. The van der Waals surface area contributed by atoms with Crippen molar-refractivity contribution in [3.63, 3.8) is 0 Å². The molecule has 0 heterocycles. The predicted octanol–water partition coefficient (Wildman–Crippen LogP) is 3.95. The molecule has 0 aromatic heterocycles. The van der Waals surface area contributed by atoms with Crippen LogP contribution in [0.4, 0.5) is 15.8 Å². The van der Waals surface area contributed by atoms with Gasteiger partial charge >= 0.3 is 0 Å². The van der Waals surface area contributed by atoms with Gasteiger partial charge in [0.2, 0.25) is 0 Å². The van der Waals surface area contributed by atoms with Crippen LogP contribution in [0, 0.1) is 22.9 Å². The summed E-state index contributed by atoms with van der Waals surface area (Å²) in [6.07, 6.45) is 0. The van der Waals surface area contributed by atoms with Gasteiger partial charge in [-0.25, -0.2) is 4.39 Å². The zero-order valence-electron chi connectivity index (χ0n) is 10.9. The molecular formula is C14H10ClFN2O3. The second-order valence-corrected chi connectivity index (χ2v) is 4.77. The summed E-state index contributed by atoms with van der Waals surface area (Å²) in [5.74, 6) is -1.59. The van der Waals surface area contributed by atoms with Gasteiger partial charge in [0, 0.05) is 22.8 Å². The summed E-state index contributed by atoms with van der Waals surface area (Å²) in [5.41, 5.74) is 0.407. The molecule has 108 valence electrons. The molecule has 21 heavy (non-hydrogen) atoms. The number of hydrogen-bond donors (Lipinski definition) is 1. The Morgan fingerprint density at radius 2 is 2.00 bits per heavy atom. The number of aryl methyl sites for hydroxylation is 1. The van der Waals surface area contributed by atoms with E-state index in [2.05, 4.69) is 5.32 Å². The van der Waals surface area contributed by atoms with E-state index in [9.17, 15) is 19.3 Å². The molecule has 1 amide bonds. The Labute approximate surface area is 124 Å². The van der Waals surface area contributed by atoms with E-state index in [0.29, 0.717) is 16.3 Å². The van der Waals surface area contributed by atoms with Crippen molar-refractivity contribution >= 4 is 28.9 Å². The van der Waals surface area contributed by atoms with Gasteiger partial charge in [-0.3, -0.25) is 14.9 Å². The summed E-state index contributed by atoms with van der Waals surface area (Å²) in [7, 11) is 0. The molecule has 0 aliphatic heterocycles. The first-order valence-electron chi connectivity index (χ1n) is 5.90. The van der Waals surface area contributed by atoms with Gasteiger partial charge in [0.15, 0.2) is 0 Å². The number of nitro benzene ring substituents is 1. The second kappa shape index (κ2) is 5.88. The minimum atomic E-state index is -0.829. The Bertz CT molecular complexity index is 734. The van der Waals surface area contributed by atoms with Gasteiger partial charge < -0.3 is 5.32 Å². The highest BCUT2D eigenvalue weighted by atomic mass is 35.5. The number of non-ortho nitro benzene ring substituents is 1. The van der Waals surface area contributed by atoms with E-state index in [-0.39, 0.29) is 5.69 Å². The molecule has 0 aliphatic rings. The van der Waals surface area contributed by atoms with E-state index < -0.39 is 22.2 Å². The van der Waals surface area contributed by atoms with Crippen LogP contribution in [-0.4, -0.2) is 10.8 Å². The van der Waals surface area contributed by atoms with Gasteiger partial charge in [-0.05, 0) is 36.8 Å². The quantitative estimate of drug-likeness (QED) is 0.689. The highest BCUT2D eigenvalue weighted by Crippen LogP contribution is 2.22. The molecule has 0 spiro atoms. The van der Waals surface area contributed by atoms with Crippen molar-refractivity contribution in [2.24, 2.45) is 0 Å². The summed E-state index contributed by atoms with van der Waals surface area (Å²) >= 11 is 5.80. The highest BCUT2D eigenvalue weighted by molar-refractivity contribution is 6.30. The van der Waals surface area contributed by atoms with Crippen LogP contribution in [0.1, 0.15) is 15.9 Å². The number of halogens is 2. The van der Waals surface area contributed by atoms with E-state index in [1.807, 2.05) is 0 Å². The molecular weight excluding hydrogens is 299 g/mol. The normalized spacial score (nSPS) is 10.2. The van der Waals surface area contributed by atoms with E-state index >= 15 is 0 Å². The first-order valence-corrected chi connectivity index (χ1v) is 6.27. The third-order valence-electron chi connectivity index (χ3n) is 2.84. The Morgan fingerprint density at radius 1 is 1.29 bits per heavy atom. The molecule has 0 saturated carbocycles. The van der Waals surface area contributed by atoms with Crippen LogP contribution in [0.25, 0.3) is 0 Å². The maximum atomic E-state index is 13.6. The number of amides is 1. The lowest BCUT2D eigenvalue weighted by atomic mass is 10.1. The monoisotopic (exact) mass is 308 g/mol. The average Bonchev–Trinajstić information content (AvgIpc) is 2.42. The molecule has 7 heteroatoms. The molecule has 2 rings (SSSR count). The Kier molecular flexibility index (Phi) is 4.18. The zero-order chi connectivity index (χ0) is 15.6. The van der Waals surface area contributed by atoms with Crippen LogP contribution in [0.5, 0.6) is 0 Å². The molecule has 0 atom stereocenters. The van der Waals surface area contributed by atoms with Crippen LogP contribution in [0.2, 0.25) is 5.02 Å². The number of carbonyl (C=O) groups excluding carboxylic acids is 1. The van der Waals surface area contributed by atoms with Crippen molar-refractivity contribution in [3.8, 4) is 0 Å². The van der Waals surface area contributed by atoms with Crippen LogP contribution >= 0.6 is 11.6 Å². The number of nitrogens with one attached hydrogen (secondary N) is 1. The molecule has 5 nitrogen and oxygen atoms in total. The maximum absolute atomic E-state index is 13.6. The number of rotatable bonds is 3. The van der Waals surface area contributed by atoms with Crippen molar-refractivity contribution in [1.29, 1.82) is 0 Å². The third-order valence-corrected chi connectivity index (χ3v) is 3.08. The Morgan fingerprint density at radius 3 is 2.62 bits per heavy atom. The maximum Gasteiger partial charge on any atom is 0.270 e. The lowest BCUT2D eigenvalue weighted by Gasteiger charge is -2.09. The topological polar surface area (TPSA) is 72.2 Å². The van der Waals surface area contributed by atoms with Crippen molar-refractivity contribution in [2.75, 3.05) is 5.32 Å². The summed E-state index contributed by atoms with van der Waals surface area (Å²) in [6.45, 7) is 1.73. The highest BCUT2D eigenvalue weighted by Gasteiger charge is 2.17. The fraction of sp³-hybridized carbons (Fsp3) is 0.0714. The van der Waals surface area contributed by atoms with E-state index in [1.165, 1.54) is 0 Å². The van der Waals surface area contributed by atoms with E-state index in [0.717, 1.165) is 18.2 Å². The first-order chi connectivity index (χ1) is 9.88. The predicted molar refractivity (Wildman–Crippen MR) is 77.2 cm³/mol. The minimum Gasteiger partial charge on any atom is -0.322 e. The number of benzene rings is 2. The Hall–Kier alpha value is -2.47. The van der Waals surface area contributed by atoms with Crippen LogP contribution < -0.4 is 5.32 Å². The van der Waals surface area contributed by atoms with Crippen molar-refractivity contribution < 1.29 is 14.1 Å². The summed E-state index contributed by atoms with van der Waals surface area (Å²) in [4.78, 5) is 22.0. The van der Waals surface area contributed by atoms with Gasteiger partial charge in [-0.15, -0.1) is 0 Å². The van der Waals surface area contributed by atoms with Crippen LogP contribution in [0.3, 0.4) is 0 Å². The van der Waals surface area contributed by atoms with Crippen molar-refractivity contribution in [2.45, 2.75) is 6.92 Å². The fourth-order valence-corrected chi connectivity index (χ4v) is 1.98. The number of carbonyl (C=O) groups is 1. The van der Waals surface area contributed by atoms with Gasteiger partial charge in [-0.2, -0.15) is 0 Å². The average molecular weight is 309 g/mol. The molecule has 0 radical (unpaired) electrons. The number of nitrogens with zero attached hydrogens (tertiary/aromatic N) is 1. The first kappa shape index (κ1) is 14.9. The van der Waals surface area contributed by atoms with Gasteiger partial charge in [0.05, 0.1) is 10.5 Å². The SMILES string of the molecule is Cc1cc(Cl)ccc1NC(=O)c1cc([N+](=O)[O-])ccc1F. The fourth-order valence-electron chi connectivity index (χ4n) is 1.76. The lowest BCUT2D eigenvalue weighted by Crippen LogP contribution is -2.14. The molecule has 0 unspecified atom stereocenters. The lowest BCUT2D eigenvalue weighted by molar-refractivity contribution is -0.384. The number of nitro groups is 1.